The highest BCUT2D eigenvalue weighted by Gasteiger charge is 2.33. The van der Waals surface area contributed by atoms with Gasteiger partial charge in [-0.25, -0.2) is 0 Å². The minimum absolute atomic E-state index is 0.0486. The van der Waals surface area contributed by atoms with Gasteiger partial charge in [-0.15, -0.1) is 0 Å². The predicted octanol–water partition coefficient (Wildman–Crippen LogP) is 5.48. The molecule has 1 amide bonds. The van der Waals surface area contributed by atoms with Crippen LogP contribution < -0.4 is 4.90 Å². The van der Waals surface area contributed by atoms with Gasteiger partial charge in [0.1, 0.15) is 11.5 Å². The van der Waals surface area contributed by atoms with Crippen molar-refractivity contribution in [2.24, 2.45) is 0 Å². The molecule has 2 heterocycles. The normalized spacial score (nSPS) is 14.9. The van der Waals surface area contributed by atoms with Gasteiger partial charge in [0, 0.05) is 35.9 Å². The molecule has 3 aromatic rings. The molecule has 0 N–H and O–H groups in total. The van der Waals surface area contributed by atoms with Crippen LogP contribution in [-0.2, 0) is 4.79 Å². The van der Waals surface area contributed by atoms with Gasteiger partial charge in [0.05, 0.1) is 20.4 Å². The van der Waals surface area contributed by atoms with Crippen molar-refractivity contribution in [3.63, 3.8) is 0 Å². The molecule has 11 heteroatoms. The van der Waals surface area contributed by atoms with Gasteiger partial charge in [0.15, 0.2) is 4.32 Å². The first-order chi connectivity index (χ1) is 15.2. The van der Waals surface area contributed by atoms with Crippen molar-refractivity contribution in [2.75, 3.05) is 4.90 Å². The molecule has 0 atom stereocenters. The first kappa shape index (κ1) is 21.4. The van der Waals surface area contributed by atoms with Crippen LogP contribution in [0.1, 0.15) is 11.3 Å². The van der Waals surface area contributed by atoms with Crippen LogP contribution in [0.5, 0.6) is 0 Å². The van der Waals surface area contributed by atoms with E-state index < -0.39 is 9.85 Å². The summed E-state index contributed by atoms with van der Waals surface area (Å²) in [6.45, 7) is 1.82. The number of nitro groups is 2. The third-order valence-corrected chi connectivity index (χ3v) is 6.01. The Morgan fingerprint density at radius 3 is 2.31 bits per heavy atom. The number of nitro benzene ring substituents is 2. The second-order valence-corrected chi connectivity index (χ2v) is 8.42. The van der Waals surface area contributed by atoms with E-state index in [-0.39, 0.29) is 21.6 Å². The smallest absolute Gasteiger partial charge is 0.270 e. The summed E-state index contributed by atoms with van der Waals surface area (Å²) in [6, 6.07) is 13.4. The van der Waals surface area contributed by atoms with Gasteiger partial charge < -0.3 is 4.42 Å². The van der Waals surface area contributed by atoms with Gasteiger partial charge in [0.2, 0.25) is 0 Å². The minimum atomic E-state index is -0.522. The molecule has 2 aromatic carbocycles. The fourth-order valence-corrected chi connectivity index (χ4v) is 4.39. The summed E-state index contributed by atoms with van der Waals surface area (Å²) in [4.78, 5) is 35.4. The standard InChI is InChI=1S/C21H13N3O6S2/c1-12-2-3-15(24(28)29)10-17(12)18-9-8-16(30-18)11-19-20(25)22(21(31)32-19)13-4-6-14(7-5-13)23(26)27/h2-11H,1H3/b19-11+. The van der Waals surface area contributed by atoms with Gasteiger partial charge in [-0.05, 0) is 36.8 Å². The highest BCUT2D eigenvalue weighted by molar-refractivity contribution is 8.27. The van der Waals surface area contributed by atoms with Crippen LogP contribution in [0.4, 0.5) is 17.1 Å². The molecule has 1 aliphatic heterocycles. The first-order valence-electron chi connectivity index (χ1n) is 9.12. The number of carbonyl (C=O) groups excluding carboxylic acids is 1. The summed E-state index contributed by atoms with van der Waals surface area (Å²) in [7, 11) is 0. The fourth-order valence-electron chi connectivity index (χ4n) is 3.11. The zero-order valence-corrected chi connectivity index (χ0v) is 18.0. The molecule has 1 saturated heterocycles. The SMILES string of the molecule is Cc1ccc([N+](=O)[O-])cc1-c1ccc(/C=C2/SC(=S)N(c3ccc([N+](=O)[O-])cc3)C2=O)o1. The number of non-ortho nitro benzene ring substituents is 2. The summed E-state index contributed by atoms with van der Waals surface area (Å²) in [5, 5.41) is 21.9. The maximum absolute atomic E-state index is 12.9. The van der Waals surface area contributed by atoms with Crippen molar-refractivity contribution in [3.8, 4) is 11.3 Å². The van der Waals surface area contributed by atoms with Crippen LogP contribution in [0.25, 0.3) is 17.4 Å². The lowest BCUT2D eigenvalue weighted by Crippen LogP contribution is -2.27. The van der Waals surface area contributed by atoms with Crippen molar-refractivity contribution < 1.29 is 19.1 Å². The molecule has 0 saturated carbocycles. The number of benzene rings is 2. The van der Waals surface area contributed by atoms with Crippen LogP contribution in [0, 0.1) is 27.2 Å². The highest BCUT2D eigenvalue weighted by atomic mass is 32.2. The van der Waals surface area contributed by atoms with Crippen LogP contribution >= 0.6 is 24.0 Å². The summed E-state index contributed by atoms with van der Waals surface area (Å²) in [5.74, 6) is 0.441. The molecule has 1 aromatic heterocycles. The van der Waals surface area contributed by atoms with E-state index in [1.165, 1.54) is 41.3 Å². The van der Waals surface area contributed by atoms with E-state index in [1.54, 1.807) is 24.3 Å². The topological polar surface area (TPSA) is 120 Å². The van der Waals surface area contributed by atoms with Crippen molar-refractivity contribution >= 4 is 57.3 Å². The lowest BCUT2D eigenvalue weighted by molar-refractivity contribution is -0.385. The molecule has 0 unspecified atom stereocenters. The number of anilines is 1. The molecule has 9 nitrogen and oxygen atoms in total. The number of thiocarbonyl (C=S) groups is 1. The molecular weight excluding hydrogens is 454 g/mol. The fraction of sp³-hybridized carbons (Fsp3) is 0.0476. The number of hydrogen-bond donors (Lipinski definition) is 0. The van der Waals surface area contributed by atoms with E-state index in [9.17, 15) is 25.0 Å². The molecule has 0 bridgehead atoms. The third-order valence-electron chi connectivity index (χ3n) is 4.71. The number of nitrogens with zero attached hydrogens (tertiary/aromatic N) is 3. The second-order valence-electron chi connectivity index (χ2n) is 6.75. The summed E-state index contributed by atoms with van der Waals surface area (Å²) in [5.41, 5.74) is 1.67. The monoisotopic (exact) mass is 467 g/mol. The van der Waals surface area contributed by atoms with Gasteiger partial charge in [-0.2, -0.15) is 0 Å². The maximum atomic E-state index is 12.9. The lowest BCUT2D eigenvalue weighted by Gasteiger charge is -2.13. The molecule has 1 aliphatic rings. The van der Waals surface area contributed by atoms with Crippen molar-refractivity contribution in [1.29, 1.82) is 0 Å². The molecular formula is C21H13N3O6S2. The maximum Gasteiger partial charge on any atom is 0.270 e. The van der Waals surface area contributed by atoms with E-state index in [0.29, 0.717) is 27.7 Å². The molecule has 32 heavy (non-hydrogen) atoms. The zero-order chi connectivity index (χ0) is 23.0. The minimum Gasteiger partial charge on any atom is -0.457 e. The van der Waals surface area contributed by atoms with Gasteiger partial charge >= 0.3 is 0 Å². The summed E-state index contributed by atoms with van der Waals surface area (Å²) in [6.07, 6.45) is 1.54. The summed E-state index contributed by atoms with van der Waals surface area (Å²) < 4.78 is 6.10. The van der Waals surface area contributed by atoms with Gasteiger partial charge in [-0.3, -0.25) is 29.9 Å². The Morgan fingerprint density at radius 1 is 1.00 bits per heavy atom. The highest BCUT2D eigenvalue weighted by Crippen LogP contribution is 2.37. The Hall–Kier alpha value is -3.83. The van der Waals surface area contributed by atoms with Crippen LogP contribution in [0.3, 0.4) is 0 Å². The largest absolute Gasteiger partial charge is 0.457 e. The van der Waals surface area contributed by atoms with Crippen molar-refractivity contribution in [1.82, 2.24) is 0 Å². The Bertz CT molecular complexity index is 1310. The number of hydrogen-bond acceptors (Lipinski definition) is 8. The van der Waals surface area contributed by atoms with E-state index >= 15 is 0 Å². The number of aryl methyl sites for hydroxylation is 1. The van der Waals surface area contributed by atoms with Crippen molar-refractivity contribution in [3.05, 3.63) is 91.1 Å². The molecule has 160 valence electrons. The number of amides is 1. The second kappa shape index (κ2) is 8.36. The predicted molar refractivity (Wildman–Crippen MR) is 124 cm³/mol. The van der Waals surface area contributed by atoms with Gasteiger partial charge in [-0.1, -0.05) is 30.0 Å². The van der Waals surface area contributed by atoms with Crippen molar-refractivity contribution in [2.45, 2.75) is 6.92 Å². The molecule has 0 aliphatic carbocycles. The Labute approximate surface area is 190 Å². The number of rotatable bonds is 5. The molecule has 0 spiro atoms. The average Bonchev–Trinajstić information content (AvgIpc) is 3.32. The van der Waals surface area contributed by atoms with E-state index in [4.69, 9.17) is 16.6 Å². The van der Waals surface area contributed by atoms with Crippen LogP contribution in [0.2, 0.25) is 0 Å². The van der Waals surface area contributed by atoms with Gasteiger partial charge in [0.25, 0.3) is 17.3 Å². The first-order valence-corrected chi connectivity index (χ1v) is 10.3. The van der Waals surface area contributed by atoms with E-state index in [1.807, 2.05) is 6.92 Å². The average molecular weight is 467 g/mol. The quantitative estimate of drug-likeness (QED) is 0.209. The van der Waals surface area contributed by atoms with E-state index in [2.05, 4.69) is 0 Å². The zero-order valence-electron chi connectivity index (χ0n) is 16.4. The van der Waals surface area contributed by atoms with Crippen LogP contribution in [0.15, 0.2) is 63.9 Å². The van der Waals surface area contributed by atoms with Crippen LogP contribution in [-0.4, -0.2) is 20.1 Å². The Morgan fingerprint density at radius 2 is 1.66 bits per heavy atom. The molecule has 0 radical (unpaired) electrons. The number of furan rings is 1. The van der Waals surface area contributed by atoms with E-state index in [0.717, 1.165) is 17.3 Å². The molecule has 1 fully saturated rings. The number of thioether (sulfide) groups is 1. The Kier molecular flexibility index (Phi) is 5.59. The number of carbonyl (C=O) groups is 1. The molecule has 4 rings (SSSR count). The lowest BCUT2D eigenvalue weighted by atomic mass is 10.1. The Balaban J connectivity index is 1.61. The third kappa shape index (κ3) is 4.03. The summed E-state index contributed by atoms with van der Waals surface area (Å²) >= 11 is 6.40.